The molecule has 2 rings (SSSR count). The van der Waals surface area contributed by atoms with Crippen LogP contribution < -0.4 is 5.32 Å². The van der Waals surface area contributed by atoms with Crippen molar-refractivity contribution in [2.75, 3.05) is 26.2 Å². The summed E-state index contributed by atoms with van der Waals surface area (Å²) in [6.45, 7) is 5.41. The van der Waals surface area contributed by atoms with E-state index in [-0.39, 0.29) is 5.91 Å². The van der Waals surface area contributed by atoms with E-state index in [1.165, 1.54) is 0 Å². The van der Waals surface area contributed by atoms with E-state index in [1.807, 2.05) is 30.0 Å². The number of piperazine rings is 1. The number of hydrogen-bond donors (Lipinski definition) is 1. The molecule has 86 valence electrons. The minimum Gasteiger partial charge on any atom is -0.336 e. The lowest BCUT2D eigenvalue weighted by Crippen LogP contribution is -2.46. The molecule has 1 aliphatic rings. The fourth-order valence-electron chi connectivity index (χ4n) is 1.86. The second-order valence-corrected chi connectivity index (χ2v) is 5.25. The van der Waals surface area contributed by atoms with Crippen LogP contribution in [-0.4, -0.2) is 37.0 Å². The molecule has 1 aromatic rings. The van der Waals surface area contributed by atoms with Crippen LogP contribution in [0, 0.1) is 10.5 Å². The largest absolute Gasteiger partial charge is 0.336 e. The van der Waals surface area contributed by atoms with Gasteiger partial charge in [-0.1, -0.05) is 6.07 Å². The molecule has 3 nitrogen and oxygen atoms in total. The number of halogens is 1. The number of carbonyl (C=O) groups excluding carboxylic acids is 1. The van der Waals surface area contributed by atoms with Gasteiger partial charge in [0, 0.05) is 35.3 Å². The van der Waals surface area contributed by atoms with Crippen LogP contribution in [0.5, 0.6) is 0 Å². The van der Waals surface area contributed by atoms with E-state index in [9.17, 15) is 4.79 Å². The summed E-state index contributed by atoms with van der Waals surface area (Å²) in [7, 11) is 0. The lowest BCUT2D eigenvalue weighted by molar-refractivity contribution is 0.0735. The van der Waals surface area contributed by atoms with E-state index < -0.39 is 0 Å². The molecule has 1 amide bonds. The zero-order valence-electron chi connectivity index (χ0n) is 9.29. The van der Waals surface area contributed by atoms with Crippen molar-refractivity contribution in [2.24, 2.45) is 0 Å². The Bertz CT molecular complexity index is 400. The predicted octanol–water partition coefficient (Wildman–Crippen LogP) is 1.65. The van der Waals surface area contributed by atoms with E-state index >= 15 is 0 Å². The molecular weight excluding hydrogens is 315 g/mol. The lowest BCUT2D eigenvalue weighted by atomic mass is 10.1. The van der Waals surface area contributed by atoms with E-state index in [1.54, 1.807) is 0 Å². The van der Waals surface area contributed by atoms with Crippen molar-refractivity contribution in [3.63, 3.8) is 0 Å². The summed E-state index contributed by atoms with van der Waals surface area (Å²) < 4.78 is 1.11. The van der Waals surface area contributed by atoms with Gasteiger partial charge in [0.1, 0.15) is 0 Å². The first-order valence-corrected chi connectivity index (χ1v) is 6.52. The monoisotopic (exact) mass is 330 g/mol. The van der Waals surface area contributed by atoms with Gasteiger partial charge in [0.15, 0.2) is 0 Å². The molecular formula is C12H15IN2O. The number of nitrogens with zero attached hydrogens (tertiary/aromatic N) is 1. The molecule has 4 heteroatoms. The molecule has 0 aromatic heterocycles. The Labute approximate surface area is 109 Å². The SMILES string of the molecule is Cc1ccc(I)cc1C(=O)N1CCNCC1. The third-order valence-electron chi connectivity index (χ3n) is 2.83. The summed E-state index contributed by atoms with van der Waals surface area (Å²) in [5, 5.41) is 3.25. The fraction of sp³-hybridized carbons (Fsp3) is 0.417. The first kappa shape index (κ1) is 11.9. The van der Waals surface area contributed by atoms with Crippen LogP contribution in [0.3, 0.4) is 0 Å². The maximum atomic E-state index is 12.3. The number of benzene rings is 1. The predicted molar refractivity (Wildman–Crippen MR) is 72.7 cm³/mol. The van der Waals surface area contributed by atoms with Crippen molar-refractivity contribution in [1.82, 2.24) is 10.2 Å². The van der Waals surface area contributed by atoms with E-state index in [4.69, 9.17) is 0 Å². The van der Waals surface area contributed by atoms with Gasteiger partial charge >= 0.3 is 0 Å². The first-order valence-electron chi connectivity index (χ1n) is 5.44. The average molecular weight is 330 g/mol. The van der Waals surface area contributed by atoms with Crippen LogP contribution in [-0.2, 0) is 0 Å². The van der Waals surface area contributed by atoms with Crippen LogP contribution in [0.25, 0.3) is 0 Å². The Hall–Kier alpha value is -0.620. The Morgan fingerprint density at radius 3 is 2.75 bits per heavy atom. The number of aryl methyl sites for hydroxylation is 1. The third-order valence-corrected chi connectivity index (χ3v) is 3.51. The topological polar surface area (TPSA) is 32.3 Å². The minimum absolute atomic E-state index is 0.164. The summed E-state index contributed by atoms with van der Waals surface area (Å²) in [4.78, 5) is 14.2. The summed E-state index contributed by atoms with van der Waals surface area (Å²) in [5.74, 6) is 0.164. The molecule has 1 aromatic carbocycles. The standard InChI is InChI=1S/C12H15IN2O/c1-9-2-3-10(13)8-11(9)12(16)15-6-4-14-5-7-15/h2-3,8,14H,4-7H2,1H3. The molecule has 0 bridgehead atoms. The highest BCUT2D eigenvalue weighted by Gasteiger charge is 2.19. The van der Waals surface area contributed by atoms with Gasteiger partial charge in [-0.2, -0.15) is 0 Å². The van der Waals surface area contributed by atoms with Gasteiger partial charge in [0.25, 0.3) is 5.91 Å². The lowest BCUT2D eigenvalue weighted by Gasteiger charge is -2.28. The van der Waals surface area contributed by atoms with Gasteiger partial charge in [-0.05, 0) is 47.2 Å². The second kappa shape index (κ2) is 5.14. The van der Waals surface area contributed by atoms with Crippen LogP contribution >= 0.6 is 22.6 Å². The zero-order valence-corrected chi connectivity index (χ0v) is 11.5. The molecule has 1 aliphatic heterocycles. The van der Waals surface area contributed by atoms with Gasteiger partial charge in [0.2, 0.25) is 0 Å². The van der Waals surface area contributed by atoms with Gasteiger partial charge < -0.3 is 10.2 Å². The van der Waals surface area contributed by atoms with Crippen molar-refractivity contribution < 1.29 is 4.79 Å². The first-order chi connectivity index (χ1) is 7.68. The van der Waals surface area contributed by atoms with Crippen molar-refractivity contribution in [3.8, 4) is 0 Å². The highest BCUT2D eigenvalue weighted by Crippen LogP contribution is 2.15. The highest BCUT2D eigenvalue weighted by atomic mass is 127. The maximum Gasteiger partial charge on any atom is 0.254 e. The average Bonchev–Trinajstić information content (AvgIpc) is 2.32. The van der Waals surface area contributed by atoms with Crippen LogP contribution in [0.15, 0.2) is 18.2 Å². The van der Waals surface area contributed by atoms with Crippen molar-refractivity contribution >= 4 is 28.5 Å². The minimum atomic E-state index is 0.164. The molecule has 1 heterocycles. The Balaban J connectivity index is 2.22. The summed E-state index contributed by atoms with van der Waals surface area (Å²) >= 11 is 2.24. The Kier molecular flexibility index (Phi) is 3.81. The third kappa shape index (κ3) is 2.55. The zero-order chi connectivity index (χ0) is 11.5. The molecule has 1 fully saturated rings. The summed E-state index contributed by atoms with van der Waals surface area (Å²) in [6, 6.07) is 6.02. The molecule has 0 saturated carbocycles. The molecule has 1 saturated heterocycles. The molecule has 0 unspecified atom stereocenters. The Morgan fingerprint density at radius 2 is 2.06 bits per heavy atom. The van der Waals surface area contributed by atoms with Crippen molar-refractivity contribution in [3.05, 3.63) is 32.9 Å². The van der Waals surface area contributed by atoms with Crippen LogP contribution in [0.4, 0.5) is 0 Å². The molecule has 0 atom stereocenters. The molecule has 16 heavy (non-hydrogen) atoms. The number of amides is 1. The van der Waals surface area contributed by atoms with E-state index in [0.29, 0.717) is 0 Å². The number of carbonyl (C=O) groups is 1. The maximum absolute atomic E-state index is 12.3. The van der Waals surface area contributed by atoms with E-state index in [0.717, 1.165) is 40.9 Å². The molecule has 0 radical (unpaired) electrons. The number of rotatable bonds is 1. The van der Waals surface area contributed by atoms with Crippen molar-refractivity contribution in [1.29, 1.82) is 0 Å². The number of hydrogen-bond acceptors (Lipinski definition) is 2. The Morgan fingerprint density at radius 1 is 1.38 bits per heavy atom. The second-order valence-electron chi connectivity index (χ2n) is 4.00. The molecule has 1 N–H and O–H groups in total. The smallest absolute Gasteiger partial charge is 0.254 e. The molecule has 0 spiro atoms. The van der Waals surface area contributed by atoms with E-state index in [2.05, 4.69) is 27.9 Å². The van der Waals surface area contributed by atoms with Crippen molar-refractivity contribution in [2.45, 2.75) is 6.92 Å². The molecule has 0 aliphatic carbocycles. The summed E-state index contributed by atoms with van der Waals surface area (Å²) in [6.07, 6.45) is 0. The van der Waals surface area contributed by atoms with Gasteiger partial charge in [-0.3, -0.25) is 4.79 Å². The fourth-order valence-corrected chi connectivity index (χ4v) is 2.35. The van der Waals surface area contributed by atoms with Gasteiger partial charge in [0.05, 0.1) is 0 Å². The number of nitrogens with one attached hydrogen (secondary N) is 1. The van der Waals surface area contributed by atoms with Gasteiger partial charge in [-0.15, -0.1) is 0 Å². The van der Waals surface area contributed by atoms with Crippen LogP contribution in [0.1, 0.15) is 15.9 Å². The van der Waals surface area contributed by atoms with Crippen LogP contribution in [0.2, 0.25) is 0 Å². The van der Waals surface area contributed by atoms with Gasteiger partial charge in [-0.25, -0.2) is 0 Å². The summed E-state index contributed by atoms with van der Waals surface area (Å²) in [5.41, 5.74) is 1.90. The normalized spacial score (nSPS) is 16.2. The quantitative estimate of drug-likeness (QED) is 0.794. The highest BCUT2D eigenvalue weighted by molar-refractivity contribution is 14.1.